The Morgan fingerprint density at radius 3 is 1.19 bits per heavy atom. The van der Waals surface area contributed by atoms with Gasteiger partial charge in [0, 0.05) is 13.8 Å². The molecule has 10 nitrogen and oxygen atoms in total. The molecular weight excluding hydrogens is 504 g/mol. The third-order valence-corrected chi connectivity index (χ3v) is 7.40. The van der Waals surface area contributed by atoms with Gasteiger partial charge in [0.05, 0.1) is 37.0 Å². The molecule has 3 aromatic rings. The van der Waals surface area contributed by atoms with E-state index in [0.29, 0.717) is 0 Å². The predicted octanol–water partition coefficient (Wildman–Crippen LogP) is 2.34. The maximum Gasteiger partial charge on any atom is 0.253 e. The summed E-state index contributed by atoms with van der Waals surface area (Å²) in [4.78, 5) is -1.16. The second-order valence-electron chi connectivity index (χ2n) is 8.39. The molecule has 0 atom stereocenters. The Labute approximate surface area is 215 Å². The lowest BCUT2D eigenvalue weighted by Gasteiger charge is -2.09. The first-order valence-electron chi connectivity index (χ1n) is 11.8. The highest BCUT2D eigenvalue weighted by atomic mass is 32.2. The van der Waals surface area contributed by atoms with Gasteiger partial charge in [-0.3, -0.25) is 0 Å². The highest BCUT2D eigenvalue weighted by molar-refractivity contribution is 7.86. The second kappa shape index (κ2) is 14.3. The molecule has 1 aromatic carbocycles. The molecule has 0 saturated carbocycles. The maximum absolute atomic E-state index is 10.4. The molecule has 36 heavy (non-hydrogen) atoms. The number of unbranched alkanes of at least 4 members (excludes halogenated alkanes) is 2. The highest BCUT2D eigenvalue weighted by Crippen LogP contribution is 2.13. The summed E-state index contributed by atoms with van der Waals surface area (Å²) in [5.41, 5.74) is 0. The van der Waals surface area contributed by atoms with Crippen molar-refractivity contribution in [2.24, 2.45) is 14.1 Å². The fourth-order valence-electron chi connectivity index (χ4n) is 3.10. The SMILES string of the molecule is CCCCn1cc[n+](C)c1C.CCCCn1cc[n+](C)c1C.O=S(=O)([O-])c1ccc(S(=O)(=O)[O-])cc1. The summed E-state index contributed by atoms with van der Waals surface area (Å²) in [5, 5.41) is 0. The van der Waals surface area contributed by atoms with E-state index in [1.54, 1.807) is 0 Å². The lowest BCUT2D eigenvalue weighted by Crippen LogP contribution is -2.29. The summed E-state index contributed by atoms with van der Waals surface area (Å²) in [6, 6.07) is 3.08. The first-order valence-corrected chi connectivity index (χ1v) is 14.6. The van der Waals surface area contributed by atoms with Gasteiger partial charge in [0.2, 0.25) is 0 Å². The van der Waals surface area contributed by atoms with Crippen molar-refractivity contribution in [1.29, 1.82) is 0 Å². The van der Waals surface area contributed by atoms with Gasteiger partial charge in [-0.2, -0.15) is 0 Å². The van der Waals surface area contributed by atoms with E-state index < -0.39 is 30.0 Å². The molecule has 0 aliphatic carbocycles. The predicted molar refractivity (Wildman–Crippen MR) is 133 cm³/mol. The molecule has 0 unspecified atom stereocenters. The number of hydrogen-bond donors (Lipinski definition) is 0. The maximum atomic E-state index is 10.4. The van der Waals surface area contributed by atoms with Gasteiger partial charge in [0.15, 0.2) is 0 Å². The summed E-state index contributed by atoms with van der Waals surface area (Å²) in [6.45, 7) is 11.1. The van der Waals surface area contributed by atoms with Gasteiger partial charge in [-0.15, -0.1) is 0 Å². The van der Waals surface area contributed by atoms with E-state index >= 15 is 0 Å². The molecule has 2 aromatic heterocycles. The minimum Gasteiger partial charge on any atom is -0.744 e. The molecule has 0 aliphatic rings. The second-order valence-corrected chi connectivity index (χ2v) is 11.1. The Balaban J connectivity index is 0.000000273. The molecular formula is C24H38N4O6S2. The summed E-state index contributed by atoms with van der Waals surface area (Å²) >= 11 is 0. The third-order valence-electron chi connectivity index (χ3n) is 5.70. The first-order chi connectivity index (χ1) is 16.7. The van der Waals surface area contributed by atoms with Gasteiger partial charge in [-0.05, 0) is 37.1 Å². The quantitative estimate of drug-likeness (QED) is 0.317. The van der Waals surface area contributed by atoms with Crippen LogP contribution in [0.1, 0.15) is 51.2 Å². The summed E-state index contributed by atoms with van der Waals surface area (Å²) < 4.78 is 71.4. The first kappa shape index (κ1) is 31.5. The van der Waals surface area contributed by atoms with Gasteiger partial charge in [-0.1, -0.05) is 26.7 Å². The number of benzene rings is 1. The van der Waals surface area contributed by atoms with Crippen LogP contribution in [0.15, 0.2) is 58.8 Å². The Hall–Kier alpha value is -2.54. The largest absolute Gasteiger partial charge is 0.744 e. The summed E-state index contributed by atoms with van der Waals surface area (Å²) in [7, 11) is -5.06. The molecule has 3 rings (SSSR count). The standard InChI is InChI=1S/2C9H17N2.C6H6O6S2/c2*1-4-5-6-11-8-7-10(3)9(11)2;7-13(8,9)5-1-2-6(4-3-5)14(10,11)12/h2*7-8H,4-6H2,1-3H3;1-4H,(H,7,8,9)(H,10,11,12)/q2*+1;/p-2. The van der Waals surface area contributed by atoms with Crippen molar-refractivity contribution in [3.05, 3.63) is 60.7 Å². The van der Waals surface area contributed by atoms with Crippen LogP contribution in [0.2, 0.25) is 0 Å². The van der Waals surface area contributed by atoms with Crippen molar-refractivity contribution < 1.29 is 35.1 Å². The van der Waals surface area contributed by atoms with Crippen molar-refractivity contribution in [3.63, 3.8) is 0 Å². The van der Waals surface area contributed by atoms with E-state index in [1.165, 1.54) is 37.3 Å². The van der Waals surface area contributed by atoms with E-state index in [9.17, 15) is 25.9 Å². The van der Waals surface area contributed by atoms with Crippen LogP contribution in [0, 0.1) is 13.8 Å². The Kier molecular flexibility index (Phi) is 12.5. The molecule has 0 radical (unpaired) electrons. The van der Waals surface area contributed by atoms with E-state index in [0.717, 1.165) is 37.4 Å². The third kappa shape index (κ3) is 10.2. The Morgan fingerprint density at radius 1 is 0.694 bits per heavy atom. The number of imidazole rings is 2. The van der Waals surface area contributed by atoms with Crippen LogP contribution in [-0.4, -0.2) is 35.1 Å². The molecule has 0 fully saturated rings. The monoisotopic (exact) mass is 542 g/mol. The zero-order chi connectivity index (χ0) is 27.5. The van der Waals surface area contributed by atoms with Crippen LogP contribution in [0.4, 0.5) is 0 Å². The molecule has 0 bridgehead atoms. The minimum absolute atomic E-state index is 0.579. The lowest BCUT2D eigenvalue weighted by molar-refractivity contribution is -0.677. The molecule has 0 spiro atoms. The minimum atomic E-state index is -4.61. The van der Waals surface area contributed by atoms with Crippen LogP contribution in [0.3, 0.4) is 0 Å². The lowest BCUT2D eigenvalue weighted by atomic mass is 10.3. The molecule has 0 amide bonds. The normalized spacial score (nSPS) is 11.3. The highest BCUT2D eigenvalue weighted by Gasteiger charge is 2.07. The average Bonchev–Trinajstić information content (AvgIpc) is 3.31. The van der Waals surface area contributed by atoms with Crippen molar-refractivity contribution in [3.8, 4) is 0 Å². The summed E-state index contributed by atoms with van der Waals surface area (Å²) in [6.07, 6.45) is 13.6. The Morgan fingerprint density at radius 2 is 1.00 bits per heavy atom. The van der Waals surface area contributed by atoms with Crippen LogP contribution in [0.25, 0.3) is 0 Å². The van der Waals surface area contributed by atoms with E-state index in [4.69, 9.17) is 0 Å². The van der Waals surface area contributed by atoms with E-state index in [1.807, 2.05) is 0 Å². The average molecular weight is 543 g/mol. The van der Waals surface area contributed by atoms with Gasteiger partial charge in [0.25, 0.3) is 11.6 Å². The smallest absolute Gasteiger partial charge is 0.253 e. The van der Waals surface area contributed by atoms with Gasteiger partial charge in [0.1, 0.15) is 45.0 Å². The number of aromatic nitrogens is 4. The Bertz CT molecular complexity index is 1190. The van der Waals surface area contributed by atoms with Gasteiger partial charge in [-0.25, -0.2) is 35.1 Å². The molecule has 0 N–H and O–H groups in total. The molecule has 2 heterocycles. The zero-order valence-corrected chi connectivity index (χ0v) is 23.5. The zero-order valence-electron chi connectivity index (χ0n) is 21.9. The molecule has 202 valence electrons. The van der Waals surface area contributed by atoms with Crippen molar-refractivity contribution in [1.82, 2.24) is 9.13 Å². The van der Waals surface area contributed by atoms with Crippen LogP contribution >= 0.6 is 0 Å². The van der Waals surface area contributed by atoms with E-state index in [-0.39, 0.29) is 0 Å². The number of aryl methyl sites for hydroxylation is 4. The summed E-state index contributed by atoms with van der Waals surface area (Å²) in [5.74, 6) is 2.66. The molecule has 0 aliphatic heterocycles. The van der Waals surface area contributed by atoms with Crippen LogP contribution < -0.4 is 9.13 Å². The van der Waals surface area contributed by atoms with Gasteiger partial charge < -0.3 is 9.11 Å². The topological polar surface area (TPSA) is 132 Å². The van der Waals surface area contributed by atoms with Crippen molar-refractivity contribution >= 4 is 20.2 Å². The van der Waals surface area contributed by atoms with Crippen LogP contribution in [-0.2, 0) is 47.4 Å². The number of rotatable bonds is 8. The number of nitrogens with zero attached hydrogens (tertiary/aromatic N) is 4. The fraction of sp³-hybridized carbons (Fsp3) is 0.500. The van der Waals surface area contributed by atoms with Gasteiger partial charge >= 0.3 is 0 Å². The van der Waals surface area contributed by atoms with E-state index in [2.05, 4.69) is 84.8 Å². The fourth-order valence-corrected chi connectivity index (χ4v) is 4.04. The van der Waals surface area contributed by atoms with Crippen molar-refractivity contribution in [2.45, 2.75) is 76.3 Å². The number of hydrogen-bond acceptors (Lipinski definition) is 6. The molecule has 12 heteroatoms. The molecule has 0 saturated heterocycles. The van der Waals surface area contributed by atoms with Crippen LogP contribution in [0.5, 0.6) is 0 Å². The van der Waals surface area contributed by atoms with Crippen molar-refractivity contribution in [2.75, 3.05) is 0 Å².